The van der Waals surface area contributed by atoms with Crippen LogP contribution in [-0.2, 0) is 6.54 Å². The molecule has 2 rings (SSSR count). The van der Waals surface area contributed by atoms with E-state index in [-0.39, 0.29) is 0 Å². The number of nitrogens with zero attached hydrogens (tertiary/aromatic N) is 2. The number of pyridine rings is 1. The molecule has 1 atom stereocenters. The molecule has 1 fully saturated rings. The summed E-state index contributed by atoms with van der Waals surface area (Å²) in [5, 5.41) is 0.601. The second-order valence-corrected chi connectivity index (χ2v) is 5.36. The summed E-state index contributed by atoms with van der Waals surface area (Å²) in [6.45, 7) is 5.76. The maximum absolute atomic E-state index is 5.91. The lowest BCUT2D eigenvalue weighted by molar-refractivity contribution is 0.272. The van der Waals surface area contributed by atoms with E-state index in [0.717, 1.165) is 12.5 Å². The number of likely N-dealkylation sites (tertiary alicyclic amines) is 1. The van der Waals surface area contributed by atoms with Gasteiger partial charge < -0.3 is 0 Å². The van der Waals surface area contributed by atoms with Gasteiger partial charge >= 0.3 is 0 Å². The Morgan fingerprint density at radius 1 is 1.41 bits per heavy atom. The van der Waals surface area contributed by atoms with Crippen molar-refractivity contribution in [2.75, 3.05) is 13.1 Å². The number of halogens is 1. The standard InChI is InChI=1S/C14H21ClN2/c1-2-12-4-3-8-17(9-6-12)11-13-5-7-16-14(15)10-13/h5,7,10,12H,2-4,6,8-9,11H2,1H3. The van der Waals surface area contributed by atoms with Gasteiger partial charge in [-0.05, 0) is 56.0 Å². The SMILES string of the molecule is CCC1CCCN(Cc2ccnc(Cl)c2)CC1. The smallest absolute Gasteiger partial charge is 0.129 e. The van der Waals surface area contributed by atoms with Crippen molar-refractivity contribution >= 4 is 11.6 Å². The van der Waals surface area contributed by atoms with Gasteiger partial charge in [0, 0.05) is 12.7 Å². The van der Waals surface area contributed by atoms with Crippen LogP contribution in [0.2, 0.25) is 5.15 Å². The molecule has 0 aliphatic carbocycles. The molecule has 0 radical (unpaired) electrons. The summed E-state index contributed by atoms with van der Waals surface area (Å²) in [7, 11) is 0. The van der Waals surface area contributed by atoms with Gasteiger partial charge in [-0.1, -0.05) is 24.9 Å². The summed E-state index contributed by atoms with van der Waals surface area (Å²) in [6.07, 6.45) is 7.19. The highest BCUT2D eigenvalue weighted by Crippen LogP contribution is 2.21. The van der Waals surface area contributed by atoms with Gasteiger partial charge in [0.25, 0.3) is 0 Å². The Labute approximate surface area is 109 Å². The number of aromatic nitrogens is 1. The third-order valence-electron chi connectivity index (χ3n) is 3.71. The lowest BCUT2D eigenvalue weighted by Crippen LogP contribution is -2.24. The van der Waals surface area contributed by atoms with Crippen LogP contribution in [0.5, 0.6) is 0 Å². The second kappa shape index (κ2) is 6.36. The van der Waals surface area contributed by atoms with Crippen LogP contribution in [0.1, 0.15) is 38.2 Å². The highest BCUT2D eigenvalue weighted by Gasteiger charge is 2.15. The highest BCUT2D eigenvalue weighted by molar-refractivity contribution is 6.29. The molecular weight excluding hydrogens is 232 g/mol. The van der Waals surface area contributed by atoms with Crippen LogP contribution in [0.25, 0.3) is 0 Å². The lowest BCUT2D eigenvalue weighted by atomic mass is 9.98. The van der Waals surface area contributed by atoms with Gasteiger partial charge in [0.2, 0.25) is 0 Å². The fraction of sp³-hybridized carbons (Fsp3) is 0.643. The fourth-order valence-electron chi connectivity index (χ4n) is 2.59. The van der Waals surface area contributed by atoms with Crippen molar-refractivity contribution in [3.8, 4) is 0 Å². The van der Waals surface area contributed by atoms with Crippen molar-refractivity contribution < 1.29 is 0 Å². The molecule has 1 unspecified atom stereocenters. The maximum atomic E-state index is 5.91. The van der Waals surface area contributed by atoms with E-state index in [1.807, 2.05) is 6.07 Å². The topological polar surface area (TPSA) is 16.1 Å². The van der Waals surface area contributed by atoms with E-state index in [4.69, 9.17) is 11.6 Å². The molecule has 1 aromatic rings. The Hall–Kier alpha value is -0.600. The van der Waals surface area contributed by atoms with Crippen molar-refractivity contribution in [1.82, 2.24) is 9.88 Å². The number of hydrogen-bond acceptors (Lipinski definition) is 2. The molecule has 0 aromatic carbocycles. The molecule has 17 heavy (non-hydrogen) atoms. The van der Waals surface area contributed by atoms with Crippen LogP contribution in [-0.4, -0.2) is 23.0 Å². The summed E-state index contributed by atoms with van der Waals surface area (Å²) in [6, 6.07) is 4.04. The first-order chi connectivity index (χ1) is 8.28. The van der Waals surface area contributed by atoms with E-state index in [1.165, 1.54) is 44.3 Å². The van der Waals surface area contributed by atoms with Gasteiger partial charge in [0.1, 0.15) is 5.15 Å². The Balaban J connectivity index is 1.90. The number of rotatable bonds is 3. The monoisotopic (exact) mass is 252 g/mol. The molecular formula is C14H21ClN2. The molecule has 2 nitrogen and oxygen atoms in total. The molecule has 1 aliphatic rings. The van der Waals surface area contributed by atoms with Crippen molar-refractivity contribution in [2.45, 2.75) is 39.2 Å². The van der Waals surface area contributed by atoms with Gasteiger partial charge in [0.05, 0.1) is 0 Å². The predicted molar refractivity (Wildman–Crippen MR) is 72.2 cm³/mol. The summed E-state index contributed by atoms with van der Waals surface area (Å²) >= 11 is 5.91. The van der Waals surface area contributed by atoms with Gasteiger partial charge in [-0.2, -0.15) is 0 Å². The minimum absolute atomic E-state index is 0.601. The summed E-state index contributed by atoms with van der Waals surface area (Å²) in [5.41, 5.74) is 1.28. The predicted octanol–water partition coefficient (Wildman–Crippen LogP) is 3.75. The van der Waals surface area contributed by atoms with Crippen LogP contribution >= 0.6 is 11.6 Å². The molecule has 0 amide bonds. The van der Waals surface area contributed by atoms with E-state index in [1.54, 1.807) is 6.20 Å². The first-order valence-corrected chi connectivity index (χ1v) is 6.98. The highest BCUT2D eigenvalue weighted by atomic mass is 35.5. The molecule has 2 heterocycles. The van der Waals surface area contributed by atoms with E-state index >= 15 is 0 Å². The molecule has 1 saturated heterocycles. The number of hydrogen-bond donors (Lipinski definition) is 0. The van der Waals surface area contributed by atoms with Crippen LogP contribution < -0.4 is 0 Å². The van der Waals surface area contributed by atoms with E-state index < -0.39 is 0 Å². The first kappa shape index (κ1) is 12.8. The first-order valence-electron chi connectivity index (χ1n) is 6.60. The Morgan fingerprint density at radius 3 is 3.06 bits per heavy atom. The van der Waals surface area contributed by atoms with Crippen molar-refractivity contribution in [1.29, 1.82) is 0 Å². The van der Waals surface area contributed by atoms with Crippen LogP contribution in [0.15, 0.2) is 18.3 Å². The summed E-state index contributed by atoms with van der Waals surface area (Å²) < 4.78 is 0. The Kier molecular flexibility index (Phi) is 4.81. The van der Waals surface area contributed by atoms with E-state index in [0.29, 0.717) is 5.15 Å². The average molecular weight is 253 g/mol. The normalized spacial score (nSPS) is 22.4. The summed E-state index contributed by atoms with van der Waals surface area (Å²) in [5.74, 6) is 0.932. The second-order valence-electron chi connectivity index (χ2n) is 4.97. The quantitative estimate of drug-likeness (QED) is 0.762. The van der Waals surface area contributed by atoms with Crippen LogP contribution in [0, 0.1) is 5.92 Å². The van der Waals surface area contributed by atoms with Gasteiger partial charge in [-0.15, -0.1) is 0 Å². The summed E-state index contributed by atoms with van der Waals surface area (Å²) in [4.78, 5) is 6.57. The molecule has 0 bridgehead atoms. The van der Waals surface area contributed by atoms with E-state index in [9.17, 15) is 0 Å². The fourth-order valence-corrected chi connectivity index (χ4v) is 2.79. The van der Waals surface area contributed by atoms with Crippen LogP contribution in [0.3, 0.4) is 0 Å². The van der Waals surface area contributed by atoms with Crippen molar-refractivity contribution in [3.63, 3.8) is 0 Å². The zero-order chi connectivity index (χ0) is 12.1. The molecule has 0 saturated carbocycles. The molecule has 0 N–H and O–H groups in total. The Bertz CT molecular complexity index is 354. The van der Waals surface area contributed by atoms with Crippen LogP contribution in [0.4, 0.5) is 0 Å². The molecule has 94 valence electrons. The van der Waals surface area contributed by atoms with Crippen molar-refractivity contribution in [3.05, 3.63) is 29.0 Å². The third-order valence-corrected chi connectivity index (χ3v) is 3.92. The average Bonchev–Trinajstić information content (AvgIpc) is 2.54. The third kappa shape index (κ3) is 3.97. The van der Waals surface area contributed by atoms with Gasteiger partial charge in [0.15, 0.2) is 0 Å². The molecule has 1 aromatic heterocycles. The molecule has 1 aliphatic heterocycles. The zero-order valence-electron chi connectivity index (χ0n) is 10.5. The lowest BCUT2D eigenvalue weighted by Gasteiger charge is -2.20. The minimum Gasteiger partial charge on any atom is -0.299 e. The van der Waals surface area contributed by atoms with E-state index in [2.05, 4.69) is 22.9 Å². The van der Waals surface area contributed by atoms with Gasteiger partial charge in [-0.25, -0.2) is 4.98 Å². The van der Waals surface area contributed by atoms with Crippen molar-refractivity contribution in [2.24, 2.45) is 5.92 Å². The minimum atomic E-state index is 0.601. The zero-order valence-corrected chi connectivity index (χ0v) is 11.3. The molecule has 0 spiro atoms. The van der Waals surface area contributed by atoms with Gasteiger partial charge in [-0.3, -0.25) is 4.90 Å². The Morgan fingerprint density at radius 2 is 2.29 bits per heavy atom. The maximum Gasteiger partial charge on any atom is 0.129 e. The molecule has 3 heteroatoms. The largest absolute Gasteiger partial charge is 0.299 e.